The Balaban J connectivity index is 2.41. The number of benzene rings is 1. The van der Waals surface area contributed by atoms with Crippen molar-refractivity contribution in [3.05, 3.63) is 48.3 Å². The van der Waals surface area contributed by atoms with Crippen molar-refractivity contribution < 1.29 is 0 Å². The summed E-state index contributed by atoms with van der Waals surface area (Å²) in [5.41, 5.74) is 8.88. The van der Waals surface area contributed by atoms with E-state index in [4.69, 9.17) is 11.0 Å². The van der Waals surface area contributed by atoms with E-state index >= 15 is 0 Å². The van der Waals surface area contributed by atoms with Crippen molar-refractivity contribution in [1.29, 1.82) is 5.26 Å². The van der Waals surface area contributed by atoms with Crippen LogP contribution in [0.3, 0.4) is 0 Å². The van der Waals surface area contributed by atoms with E-state index in [0.717, 1.165) is 11.4 Å². The minimum atomic E-state index is 0.609. The van der Waals surface area contributed by atoms with Crippen LogP contribution in [0.5, 0.6) is 0 Å². The number of nitrogens with zero attached hydrogens (tertiary/aromatic N) is 3. The second kappa shape index (κ2) is 4.54. The molecule has 0 aliphatic heterocycles. The largest absolute Gasteiger partial charge is 0.396 e. The zero-order chi connectivity index (χ0) is 12.3. The summed E-state index contributed by atoms with van der Waals surface area (Å²) in [4.78, 5) is 5.88. The SMILES string of the molecule is CN(c1cccc(C#N)c1)c1ccncc1N. The van der Waals surface area contributed by atoms with Gasteiger partial charge >= 0.3 is 0 Å². The van der Waals surface area contributed by atoms with Gasteiger partial charge in [0, 0.05) is 18.9 Å². The average molecular weight is 224 g/mol. The summed E-state index contributed by atoms with van der Waals surface area (Å²) in [6.07, 6.45) is 3.30. The van der Waals surface area contributed by atoms with Crippen LogP contribution in [-0.4, -0.2) is 12.0 Å². The van der Waals surface area contributed by atoms with Gasteiger partial charge in [0.05, 0.1) is 29.2 Å². The molecule has 0 atom stereocenters. The molecule has 2 aromatic rings. The Morgan fingerprint density at radius 2 is 2.18 bits per heavy atom. The van der Waals surface area contributed by atoms with E-state index in [0.29, 0.717) is 11.3 Å². The van der Waals surface area contributed by atoms with E-state index in [1.807, 2.05) is 36.2 Å². The first-order chi connectivity index (χ1) is 8.22. The highest BCUT2D eigenvalue weighted by atomic mass is 15.1. The molecule has 84 valence electrons. The summed E-state index contributed by atoms with van der Waals surface area (Å²) in [5.74, 6) is 0. The van der Waals surface area contributed by atoms with Crippen LogP contribution in [0.2, 0.25) is 0 Å². The maximum absolute atomic E-state index is 8.87. The zero-order valence-corrected chi connectivity index (χ0v) is 9.46. The van der Waals surface area contributed by atoms with Gasteiger partial charge in [0.25, 0.3) is 0 Å². The van der Waals surface area contributed by atoms with Crippen LogP contribution < -0.4 is 10.6 Å². The molecule has 4 heteroatoms. The van der Waals surface area contributed by atoms with E-state index in [1.54, 1.807) is 18.5 Å². The van der Waals surface area contributed by atoms with Crippen molar-refractivity contribution in [3.8, 4) is 6.07 Å². The topological polar surface area (TPSA) is 65.9 Å². The fraction of sp³-hybridized carbons (Fsp3) is 0.0769. The smallest absolute Gasteiger partial charge is 0.0992 e. The van der Waals surface area contributed by atoms with Crippen molar-refractivity contribution in [2.75, 3.05) is 17.7 Å². The lowest BCUT2D eigenvalue weighted by molar-refractivity contribution is 1.19. The molecule has 2 N–H and O–H groups in total. The minimum Gasteiger partial charge on any atom is -0.396 e. The van der Waals surface area contributed by atoms with E-state index < -0.39 is 0 Å². The molecule has 0 aliphatic rings. The Kier molecular flexibility index (Phi) is 2.93. The van der Waals surface area contributed by atoms with Gasteiger partial charge in [-0.1, -0.05) is 6.07 Å². The summed E-state index contributed by atoms with van der Waals surface area (Å²) in [5, 5.41) is 8.87. The highest BCUT2D eigenvalue weighted by Gasteiger charge is 2.07. The van der Waals surface area contributed by atoms with Crippen molar-refractivity contribution in [2.45, 2.75) is 0 Å². The van der Waals surface area contributed by atoms with Crippen LogP contribution in [0.4, 0.5) is 17.1 Å². The molecule has 0 unspecified atom stereocenters. The number of hydrogen-bond acceptors (Lipinski definition) is 4. The molecule has 0 bridgehead atoms. The molecule has 0 radical (unpaired) electrons. The first-order valence-corrected chi connectivity index (χ1v) is 5.16. The number of nitrogen functional groups attached to an aromatic ring is 1. The second-order valence-electron chi connectivity index (χ2n) is 3.66. The van der Waals surface area contributed by atoms with Crippen LogP contribution >= 0.6 is 0 Å². The monoisotopic (exact) mass is 224 g/mol. The maximum atomic E-state index is 8.87. The van der Waals surface area contributed by atoms with Gasteiger partial charge in [-0.15, -0.1) is 0 Å². The van der Waals surface area contributed by atoms with Crippen molar-refractivity contribution in [2.24, 2.45) is 0 Å². The first kappa shape index (κ1) is 11.0. The van der Waals surface area contributed by atoms with Gasteiger partial charge in [0.2, 0.25) is 0 Å². The van der Waals surface area contributed by atoms with E-state index in [1.165, 1.54) is 0 Å². The summed E-state index contributed by atoms with van der Waals surface area (Å²) < 4.78 is 0. The third-order valence-electron chi connectivity index (χ3n) is 2.55. The molecule has 4 nitrogen and oxygen atoms in total. The fourth-order valence-electron chi connectivity index (χ4n) is 1.63. The lowest BCUT2D eigenvalue weighted by Gasteiger charge is -2.20. The first-order valence-electron chi connectivity index (χ1n) is 5.16. The van der Waals surface area contributed by atoms with Gasteiger partial charge in [0.15, 0.2) is 0 Å². The van der Waals surface area contributed by atoms with Crippen LogP contribution in [0.25, 0.3) is 0 Å². The van der Waals surface area contributed by atoms with Crippen LogP contribution in [0, 0.1) is 11.3 Å². The van der Waals surface area contributed by atoms with E-state index in [2.05, 4.69) is 11.1 Å². The van der Waals surface area contributed by atoms with Crippen LogP contribution in [-0.2, 0) is 0 Å². The summed E-state index contributed by atoms with van der Waals surface area (Å²) >= 11 is 0. The predicted octanol–water partition coefficient (Wildman–Crippen LogP) is 2.30. The standard InChI is InChI=1S/C13H12N4/c1-17(13-5-6-16-9-12(13)15)11-4-2-3-10(7-11)8-14/h2-7,9H,15H2,1H3. The number of anilines is 3. The molecular weight excluding hydrogens is 212 g/mol. The number of rotatable bonds is 2. The average Bonchev–Trinajstić information content (AvgIpc) is 2.38. The van der Waals surface area contributed by atoms with Gasteiger partial charge in [-0.3, -0.25) is 4.98 Å². The second-order valence-corrected chi connectivity index (χ2v) is 3.66. The number of nitriles is 1. The predicted molar refractivity (Wildman–Crippen MR) is 67.9 cm³/mol. The van der Waals surface area contributed by atoms with E-state index in [-0.39, 0.29) is 0 Å². The number of aromatic nitrogens is 1. The normalized spacial score (nSPS) is 9.65. The van der Waals surface area contributed by atoms with Gasteiger partial charge in [-0.2, -0.15) is 5.26 Å². The highest BCUT2D eigenvalue weighted by molar-refractivity contribution is 5.73. The third kappa shape index (κ3) is 2.18. The van der Waals surface area contributed by atoms with Crippen molar-refractivity contribution >= 4 is 17.1 Å². The van der Waals surface area contributed by atoms with Crippen LogP contribution in [0.1, 0.15) is 5.56 Å². The number of hydrogen-bond donors (Lipinski definition) is 1. The van der Waals surface area contributed by atoms with Gasteiger partial charge < -0.3 is 10.6 Å². The molecule has 0 saturated carbocycles. The lowest BCUT2D eigenvalue weighted by atomic mass is 10.2. The molecule has 1 heterocycles. The Morgan fingerprint density at radius 3 is 2.88 bits per heavy atom. The molecule has 0 aliphatic carbocycles. The molecule has 1 aromatic carbocycles. The molecule has 1 aromatic heterocycles. The Hall–Kier alpha value is -2.54. The molecule has 0 amide bonds. The van der Waals surface area contributed by atoms with Crippen molar-refractivity contribution in [1.82, 2.24) is 4.98 Å². The summed E-state index contributed by atoms with van der Waals surface area (Å²) in [7, 11) is 1.90. The van der Waals surface area contributed by atoms with Gasteiger partial charge in [-0.05, 0) is 24.3 Å². The lowest BCUT2D eigenvalue weighted by Crippen LogP contribution is -2.11. The fourth-order valence-corrected chi connectivity index (χ4v) is 1.63. The number of pyridine rings is 1. The van der Waals surface area contributed by atoms with Gasteiger partial charge in [0.1, 0.15) is 0 Å². The van der Waals surface area contributed by atoms with Crippen molar-refractivity contribution in [3.63, 3.8) is 0 Å². The summed E-state index contributed by atoms with van der Waals surface area (Å²) in [6, 6.07) is 11.3. The Morgan fingerprint density at radius 1 is 1.35 bits per heavy atom. The minimum absolute atomic E-state index is 0.609. The Bertz CT molecular complexity index is 572. The third-order valence-corrected chi connectivity index (χ3v) is 2.55. The molecular formula is C13H12N4. The number of nitrogens with two attached hydrogens (primary N) is 1. The molecule has 0 fully saturated rings. The van der Waals surface area contributed by atoms with Gasteiger partial charge in [-0.25, -0.2) is 0 Å². The van der Waals surface area contributed by atoms with E-state index in [9.17, 15) is 0 Å². The molecule has 2 rings (SSSR count). The molecule has 0 saturated heterocycles. The Labute approximate surface area is 99.9 Å². The highest BCUT2D eigenvalue weighted by Crippen LogP contribution is 2.28. The van der Waals surface area contributed by atoms with Crippen LogP contribution in [0.15, 0.2) is 42.7 Å². The molecule has 17 heavy (non-hydrogen) atoms. The molecule has 0 spiro atoms. The zero-order valence-electron chi connectivity index (χ0n) is 9.46. The maximum Gasteiger partial charge on any atom is 0.0992 e. The quantitative estimate of drug-likeness (QED) is 0.850. The summed E-state index contributed by atoms with van der Waals surface area (Å²) in [6.45, 7) is 0.